The molecule has 1 fully saturated rings. The summed E-state index contributed by atoms with van der Waals surface area (Å²) in [6, 6.07) is 22.3. The van der Waals surface area contributed by atoms with Crippen molar-refractivity contribution < 1.29 is 38.8 Å². The number of methoxy groups -OCH3 is 1. The number of hydrogen-bond acceptors (Lipinski definition) is 8. The van der Waals surface area contributed by atoms with E-state index in [4.69, 9.17) is 14.2 Å². The van der Waals surface area contributed by atoms with Gasteiger partial charge in [0.1, 0.15) is 19.1 Å². The highest BCUT2D eigenvalue weighted by molar-refractivity contribution is 6.02. The van der Waals surface area contributed by atoms with Gasteiger partial charge >= 0.3 is 11.9 Å². The largest absolute Gasteiger partial charge is 0.504 e. The molecule has 0 radical (unpaired) electrons. The number of carbonyl (C=O) groups is 3. The van der Waals surface area contributed by atoms with Crippen molar-refractivity contribution in [2.45, 2.75) is 38.1 Å². The molecule has 3 aromatic carbocycles. The molecule has 8 heteroatoms. The van der Waals surface area contributed by atoms with E-state index < -0.39 is 47.5 Å². The van der Waals surface area contributed by atoms with E-state index in [1.807, 2.05) is 24.3 Å². The number of aromatic hydroxyl groups is 1. The SMILES string of the molecule is COc1cc([C@@H]2[C@H](C(=O)OCc3ccccc3)C(=O)C[C@](C)(O)[C@@H]2C(=O)OCc2ccccc2)ccc1O. The van der Waals surface area contributed by atoms with Crippen molar-refractivity contribution in [1.29, 1.82) is 0 Å². The monoisotopic (exact) mass is 518 g/mol. The highest BCUT2D eigenvalue weighted by atomic mass is 16.5. The van der Waals surface area contributed by atoms with Crippen LogP contribution in [0, 0.1) is 11.8 Å². The first-order valence-corrected chi connectivity index (χ1v) is 12.2. The number of benzene rings is 3. The van der Waals surface area contributed by atoms with Crippen LogP contribution >= 0.6 is 0 Å². The number of phenolic OH excluding ortho intramolecular Hbond substituents is 1. The summed E-state index contributed by atoms with van der Waals surface area (Å²) in [6.45, 7) is 1.28. The molecular formula is C30H30O8. The van der Waals surface area contributed by atoms with Crippen molar-refractivity contribution in [3.63, 3.8) is 0 Å². The highest BCUT2D eigenvalue weighted by Crippen LogP contribution is 2.48. The standard InChI is InChI=1S/C30H30O8/c1-30(35)16-23(32)26(28(33)37-17-19-9-5-3-6-10-19)25(21-13-14-22(31)24(15-21)36-2)27(30)29(34)38-18-20-11-7-4-8-12-20/h3-15,25-27,31,35H,16-18H2,1-2H3/t25-,26-,27+,30+/m1/s1. The summed E-state index contributed by atoms with van der Waals surface area (Å²) in [5.41, 5.74) is 0.0137. The van der Waals surface area contributed by atoms with Crippen LogP contribution in [0.3, 0.4) is 0 Å². The summed E-state index contributed by atoms with van der Waals surface area (Å²) >= 11 is 0. The second-order valence-corrected chi connectivity index (χ2v) is 9.60. The Morgan fingerprint density at radius 1 is 0.895 bits per heavy atom. The predicted octanol–water partition coefficient (Wildman–Crippen LogP) is 3.93. The Balaban J connectivity index is 1.71. The van der Waals surface area contributed by atoms with Crippen LogP contribution in [-0.4, -0.2) is 40.6 Å². The molecule has 198 valence electrons. The van der Waals surface area contributed by atoms with E-state index in [0.717, 1.165) is 11.1 Å². The number of Topliss-reactive ketones (excluding diaryl/α,β-unsaturated/α-hetero) is 1. The third kappa shape index (κ3) is 5.86. The molecule has 1 saturated carbocycles. The molecule has 0 saturated heterocycles. The molecule has 3 aromatic rings. The Morgan fingerprint density at radius 3 is 2.00 bits per heavy atom. The molecule has 0 aliphatic heterocycles. The number of carbonyl (C=O) groups excluding carboxylic acids is 3. The summed E-state index contributed by atoms with van der Waals surface area (Å²) in [4.78, 5) is 40.2. The molecule has 0 bridgehead atoms. The Hall–Kier alpha value is -4.17. The fourth-order valence-electron chi connectivity index (χ4n) is 4.95. The molecule has 0 spiro atoms. The van der Waals surface area contributed by atoms with Gasteiger partial charge in [-0.3, -0.25) is 14.4 Å². The number of aliphatic hydroxyl groups is 1. The van der Waals surface area contributed by atoms with Gasteiger partial charge < -0.3 is 24.4 Å². The molecule has 0 amide bonds. The number of esters is 2. The maximum Gasteiger partial charge on any atom is 0.317 e. The van der Waals surface area contributed by atoms with Crippen molar-refractivity contribution in [2.75, 3.05) is 7.11 Å². The van der Waals surface area contributed by atoms with Crippen molar-refractivity contribution in [3.05, 3.63) is 95.6 Å². The zero-order valence-corrected chi connectivity index (χ0v) is 21.2. The first kappa shape index (κ1) is 26.9. The van der Waals surface area contributed by atoms with Gasteiger partial charge in [0.15, 0.2) is 17.3 Å². The predicted molar refractivity (Wildman–Crippen MR) is 137 cm³/mol. The molecule has 0 heterocycles. The van der Waals surface area contributed by atoms with Gasteiger partial charge in [0.25, 0.3) is 0 Å². The zero-order chi connectivity index (χ0) is 27.3. The number of phenols is 1. The van der Waals surface area contributed by atoms with Gasteiger partial charge in [0.2, 0.25) is 0 Å². The second-order valence-electron chi connectivity index (χ2n) is 9.60. The minimum Gasteiger partial charge on any atom is -0.504 e. The quantitative estimate of drug-likeness (QED) is 0.340. The Kier molecular flexibility index (Phi) is 8.12. The summed E-state index contributed by atoms with van der Waals surface area (Å²) < 4.78 is 16.3. The fraction of sp³-hybridized carbons (Fsp3) is 0.300. The molecule has 8 nitrogen and oxygen atoms in total. The van der Waals surface area contributed by atoms with Crippen LogP contribution in [-0.2, 0) is 37.1 Å². The molecule has 1 aliphatic carbocycles. The first-order valence-electron chi connectivity index (χ1n) is 12.2. The smallest absolute Gasteiger partial charge is 0.317 e. The Labute approximate surface area is 220 Å². The molecule has 4 rings (SSSR count). The van der Waals surface area contributed by atoms with Crippen LogP contribution in [0.2, 0.25) is 0 Å². The summed E-state index contributed by atoms with van der Waals surface area (Å²) in [6.07, 6.45) is -0.436. The Morgan fingerprint density at radius 2 is 1.45 bits per heavy atom. The van der Waals surface area contributed by atoms with E-state index in [9.17, 15) is 24.6 Å². The molecule has 38 heavy (non-hydrogen) atoms. The third-order valence-electron chi connectivity index (χ3n) is 6.81. The summed E-state index contributed by atoms with van der Waals surface area (Å²) in [7, 11) is 1.36. The highest BCUT2D eigenvalue weighted by Gasteiger charge is 2.57. The maximum atomic E-state index is 13.5. The van der Waals surface area contributed by atoms with E-state index in [-0.39, 0.29) is 24.7 Å². The van der Waals surface area contributed by atoms with Crippen molar-refractivity contribution >= 4 is 17.7 Å². The molecular weight excluding hydrogens is 488 g/mol. The molecule has 0 aromatic heterocycles. The lowest BCUT2D eigenvalue weighted by Gasteiger charge is -2.43. The van der Waals surface area contributed by atoms with Crippen molar-refractivity contribution in [2.24, 2.45) is 11.8 Å². The lowest BCUT2D eigenvalue weighted by atomic mass is 9.61. The fourth-order valence-corrected chi connectivity index (χ4v) is 4.95. The normalized spacial score (nSPS) is 22.9. The minimum atomic E-state index is -1.81. The van der Waals surface area contributed by atoms with Gasteiger partial charge in [0.05, 0.1) is 18.6 Å². The van der Waals surface area contributed by atoms with Crippen LogP contribution in [0.15, 0.2) is 78.9 Å². The van der Waals surface area contributed by atoms with Crippen LogP contribution in [0.5, 0.6) is 11.5 Å². The van der Waals surface area contributed by atoms with Crippen LogP contribution in [0.1, 0.15) is 36.0 Å². The number of ether oxygens (including phenoxy) is 3. The van der Waals surface area contributed by atoms with E-state index in [1.54, 1.807) is 36.4 Å². The van der Waals surface area contributed by atoms with Crippen LogP contribution < -0.4 is 4.74 Å². The minimum absolute atomic E-state index is 0.0467. The van der Waals surface area contributed by atoms with E-state index in [2.05, 4.69) is 0 Å². The van der Waals surface area contributed by atoms with Gasteiger partial charge in [-0.1, -0.05) is 66.7 Å². The van der Waals surface area contributed by atoms with Gasteiger partial charge in [-0.05, 0) is 35.7 Å². The maximum absolute atomic E-state index is 13.5. The first-order chi connectivity index (χ1) is 18.2. The van der Waals surface area contributed by atoms with Crippen LogP contribution in [0.4, 0.5) is 0 Å². The van der Waals surface area contributed by atoms with Crippen molar-refractivity contribution in [3.8, 4) is 11.5 Å². The van der Waals surface area contributed by atoms with E-state index in [1.165, 1.54) is 32.2 Å². The lowest BCUT2D eigenvalue weighted by molar-refractivity contribution is -0.174. The van der Waals surface area contributed by atoms with Crippen LogP contribution in [0.25, 0.3) is 0 Å². The number of ketones is 1. The molecule has 1 aliphatic rings. The average molecular weight is 519 g/mol. The number of hydrogen-bond donors (Lipinski definition) is 2. The average Bonchev–Trinajstić information content (AvgIpc) is 2.91. The van der Waals surface area contributed by atoms with E-state index in [0.29, 0.717) is 5.56 Å². The van der Waals surface area contributed by atoms with Gasteiger partial charge in [-0.25, -0.2) is 0 Å². The zero-order valence-electron chi connectivity index (χ0n) is 21.2. The third-order valence-corrected chi connectivity index (χ3v) is 6.81. The summed E-state index contributed by atoms with van der Waals surface area (Å²) in [5.74, 6) is -6.00. The summed E-state index contributed by atoms with van der Waals surface area (Å²) in [5, 5.41) is 21.5. The van der Waals surface area contributed by atoms with Gasteiger partial charge in [-0.2, -0.15) is 0 Å². The molecule has 0 unspecified atom stereocenters. The lowest BCUT2D eigenvalue weighted by Crippen LogP contribution is -2.55. The number of rotatable bonds is 8. The molecule has 4 atom stereocenters. The van der Waals surface area contributed by atoms with Gasteiger partial charge in [-0.15, -0.1) is 0 Å². The Bertz CT molecular complexity index is 1290. The molecule has 2 N–H and O–H groups in total. The second kappa shape index (κ2) is 11.5. The topological polar surface area (TPSA) is 119 Å². The van der Waals surface area contributed by atoms with Gasteiger partial charge in [0, 0.05) is 12.3 Å². The van der Waals surface area contributed by atoms with E-state index >= 15 is 0 Å². The van der Waals surface area contributed by atoms with Crippen molar-refractivity contribution in [1.82, 2.24) is 0 Å².